The molecule has 0 amide bonds. The van der Waals surface area contributed by atoms with E-state index in [1.54, 1.807) is 12.4 Å². The van der Waals surface area contributed by atoms with Gasteiger partial charge in [-0.25, -0.2) is 10.4 Å². The molecule has 1 unspecified atom stereocenters. The molecule has 6 rings (SSSR count). The van der Waals surface area contributed by atoms with Gasteiger partial charge in [-0.3, -0.25) is 9.99 Å². The number of fused-ring (bicyclic) bond motifs is 1. The van der Waals surface area contributed by atoms with Crippen molar-refractivity contribution in [2.45, 2.75) is 13.0 Å². The number of hydrogen-bond donors (Lipinski definition) is 1. The minimum Gasteiger partial charge on any atom is -0.378 e. The molecule has 0 radical (unpaired) electrons. The monoisotopic (exact) mass is 439 g/mol. The van der Waals surface area contributed by atoms with Gasteiger partial charge in [-0.05, 0) is 30.7 Å². The minimum absolute atomic E-state index is 0.104. The molecule has 0 spiro atoms. The summed E-state index contributed by atoms with van der Waals surface area (Å²) in [5.74, 6) is 1.84. The Morgan fingerprint density at radius 2 is 1.88 bits per heavy atom. The molecule has 1 N–H and O–H groups in total. The fourth-order valence-electron chi connectivity index (χ4n) is 4.35. The first kappa shape index (κ1) is 19.9. The predicted molar refractivity (Wildman–Crippen MR) is 128 cm³/mol. The van der Waals surface area contributed by atoms with Crippen LogP contribution in [0.25, 0.3) is 16.9 Å². The van der Waals surface area contributed by atoms with Crippen molar-refractivity contribution in [3.8, 4) is 11.3 Å². The third-order valence-corrected chi connectivity index (χ3v) is 6.06. The molecule has 1 atom stereocenters. The third kappa shape index (κ3) is 3.83. The van der Waals surface area contributed by atoms with Crippen LogP contribution in [0.2, 0.25) is 0 Å². The van der Waals surface area contributed by atoms with Gasteiger partial charge in [0.25, 0.3) is 0 Å². The van der Waals surface area contributed by atoms with E-state index >= 15 is 0 Å². The topological polar surface area (TPSA) is 70.8 Å². The first-order valence-corrected chi connectivity index (χ1v) is 11.2. The molecule has 0 bridgehead atoms. The molecule has 1 saturated heterocycles. The molecule has 0 aliphatic carbocycles. The molecule has 1 fully saturated rings. The van der Waals surface area contributed by atoms with Crippen LogP contribution in [0.1, 0.15) is 17.2 Å². The van der Waals surface area contributed by atoms with Crippen molar-refractivity contribution in [3.63, 3.8) is 0 Å². The lowest BCUT2D eigenvalue weighted by Crippen LogP contribution is -2.38. The number of aromatic nitrogens is 4. The van der Waals surface area contributed by atoms with E-state index in [-0.39, 0.29) is 6.04 Å². The normalized spacial score (nSPS) is 18.4. The SMILES string of the molecule is Cc1cccc(C2C=CN(c3cc(N4CCOCC4)n4nc(-c5ccncc5)cc4n3)N2)c1. The van der Waals surface area contributed by atoms with Gasteiger partial charge in [-0.1, -0.05) is 29.8 Å². The highest BCUT2D eigenvalue weighted by atomic mass is 16.5. The van der Waals surface area contributed by atoms with Gasteiger partial charge in [-0.15, -0.1) is 0 Å². The smallest absolute Gasteiger partial charge is 0.160 e. The number of anilines is 2. The lowest BCUT2D eigenvalue weighted by molar-refractivity contribution is 0.122. The Hall–Kier alpha value is -3.75. The van der Waals surface area contributed by atoms with Gasteiger partial charge >= 0.3 is 0 Å². The summed E-state index contributed by atoms with van der Waals surface area (Å²) < 4.78 is 7.52. The Balaban J connectivity index is 1.39. The number of nitrogens with zero attached hydrogens (tertiary/aromatic N) is 6. The van der Waals surface area contributed by atoms with Gasteiger partial charge in [0.2, 0.25) is 0 Å². The van der Waals surface area contributed by atoms with Crippen molar-refractivity contribution in [1.82, 2.24) is 25.0 Å². The van der Waals surface area contributed by atoms with E-state index in [4.69, 9.17) is 14.8 Å². The maximum Gasteiger partial charge on any atom is 0.160 e. The number of morpholine rings is 1. The van der Waals surface area contributed by atoms with E-state index in [0.717, 1.165) is 41.6 Å². The molecule has 33 heavy (non-hydrogen) atoms. The van der Waals surface area contributed by atoms with Crippen molar-refractivity contribution in [2.24, 2.45) is 0 Å². The van der Waals surface area contributed by atoms with Gasteiger partial charge in [0.05, 0.1) is 24.9 Å². The van der Waals surface area contributed by atoms with Crippen LogP contribution in [0.3, 0.4) is 0 Å². The minimum atomic E-state index is 0.104. The van der Waals surface area contributed by atoms with E-state index in [1.165, 1.54) is 11.1 Å². The molecule has 4 aromatic rings. The Morgan fingerprint density at radius 3 is 2.70 bits per heavy atom. The summed E-state index contributed by atoms with van der Waals surface area (Å²) in [5, 5.41) is 6.88. The highest BCUT2D eigenvalue weighted by molar-refractivity contribution is 5.68. The molecule has 5 heterocycles. The average molecular weight is 440 g/mol. The van der Waals surface area contributed by atoms with Crippen LogP contribution in [-0.4, -0.2) is 45.9 Å². The van der Waals surface area contributed by atoms with Gasteiger partial charge in [-0.2, -0.15) is 9.61 Å². The zero-order valence-electron chi connectivity index (χ0n) is 18.4. The predicted octanol–water partition coefficient (Wildman–Crippen LogP) is 3.52. The quantitative estimate of drug-likeness (QED) is 0.522. The molecule has 1 aromatic carbocycles. The van der Waals surface area contributed by atoms with Crippen molar-refractivity contribution < 1.29 is 4.74 Å². The van der Waals surface area contributed by atoms with Crippen LogP contribution < -0.4 is 15.3 Å². The van der Waals surface area contributed by atoms with Gasteiger partial charge < -0.3 is 9.64 Å². The second kappa shape index (κ2) is 8.31. The number of pyridine rings is 1. The average Bonchev–Trinajstić information content (AvgIpc) is 3.52. The van der Waals surface area contributed by atoms with Gasteiger partial charge in [0, 0.05) is 49.4 Å². The Labute approximate surface area is 192 Å². The fraction of sp³-hybridized carbons (Fsp3) is 0.240. The first-order chi connectivity index (χ1) is 16.2. The number of benzene rings is 1. The standard InChI is InChI=1S/C25H25N7O/c1-18-3-2-4-20(15-18)21-7-10-31(28-21)23-17-25(30-11-13-33-14-12-30)32-24(27-23)16-22(29-32)19-5-8-26-9-6-19/h2-10,15-17,21,28H,11-14H2,1H3. The Bertz CT molecular complexity index is 1310. The maximum atomic E-state index is 5.58. The molecule has 166 valence electrons. The molecular formula is C25H25N7O. The van der Waals surface area contributed by atoms with Gasteiger partial charge in [0.1, 0.15) is 5.82 Å². The zero-order chi connectivity index (χ0) is 22.2. The summed E-state index contributed by atoms with van der Waals surface area (Å²) in [6.07, 6.45) is 7.78. The largest absolute Gasteiger partial charge is 0.378 e. The van der Waals surface area contributed by atoms with Crippen LogP contribution >= 0.6 is 0 Å². The van der Waals surface area contributed by atoms with Crippen LogP contribution in [0, 0.1) is 6.92 Å². The molecule has 2 aliphatic heterocycles. The van der Waals surface area contributed by atoms with E-state index < -0.39 is 0 Å². The van der Waals surface area contributed by atoms with Crippen LogP contribution in [-0.2, 0) is 4.74 Å². The zero-order valence-corrected chi connectivity index (χ0v) is 18.4. The van der Waals surface area contributed by atoms with Gasteiger partial charge in [0.15, 0.2) is 11.5 Å². The van der Waals surface area contributed by atoms with Crippen LogP contribution in [0.5, 0.6) is 0 Å². The number of hydrogen-bond acceptors (Lipinski definition) is 7. The van der Waals surface area contributed by atoms with Crippen molar-refractivity contribution >= 4 is 17.3 Å². The fourth-order valence-corrected chi connectivity index (χ4v) is 4.35. The summed E-state index contributed by atoms with van der Waals surface area (Å²) in [4.78, 5) is 11.4. The van der Waals surface area contributed by atoms with E-state index in [2.05, 4.69) is 64.8 Å². The lowest BCUT2D eigenvalue weighted by Gasteiger charge is -2.29. The highest BCUT2D eigenvalue weighted by Gasteiger charge is 2.23. The molecular weight excluding hydrogens is 414 g/mol. The van der Waals surface area contributed by atoms with Crippen LogP contribution in [0.15, 0.2) is 73.2 Å². The number of ether oxygens (including phenoxy) is 1. The summed E-state index contributed by atoms with van der Waals surface area (Å²) in [7, 11) is 0. The van der Waals surface area contributed by atoms with E-state index in [9.17, 15) is 0 Å². The molecule has 0 saturated carbocycles. The molecule has 2 aliphatic rings. The van der Waals surface area contributed by atoms with Crippen molar-refractivity contribution in [2.75, 3.05) is 36.2 Å². The Morgan fingerprint density at radius 1 is 1.03 bits per heavy atom. The number of hydrazine groups is 1. The molecule has 3 aromatic heterocycles. The summed E-state index contributed by atoms with van der Waals surface area (Å²) in [6.45, 7) is 5.16. The Kier molecular flexibility index (Phi) is 5.01. The van der Waals surface area contributed by atoms with Crippen molar-refractivity contribution in [3.05, 3.63) is 84.3 Å². The summed E-state index contributed by atoms with van der Waals surface area (Å²) in [5.41, 5.74) is 8.73. The molecule has 8 nitrogen and oxygen atoms in total. The third-order valence-electron chi connectivity index (χ3n) is 6.06. The summed E-state index contributed by atoms with van der Waals surface area (Å²) in [6, 6.07) is 16.7. The van der Waals surface area contributed by atoms with Crippen LogP contribution in [0.4, 0.5) is 11.6 Å². The van der Waals surface area contributed by atoms with E-state index in [0.29, 0.717) is 13.2 Å². The summed E-state index contributed by atoms with van der Waals surface area (Å²) >= 11 is 0. The highest BCUT2D eigenvalue weighted by Crippen LogP contribution is 2.29. The van der Waals surface area contributed by atoms with Crippen molar-refractivity contribution in [1.29, 1.82) is 0 Å². The second-order valence-electron chi connectivity index (χ2n) is 8.34. The lowest BCUT2D eigenvalue weighted by atomic mass is 10.1. The number of aryl methyl sites for hydroxylation is 1. The van der Waals surface area contributed by atoms with E-state index in [1.807, 2.05) is 27.7 Å². The second-order valence-corrected chi connectivity index (χ2v) is 8.34. The first-order valence-electron chi connectivity index (χ1n) is 11.2. The molecule has 8 heteroatoms. The number of nitrogens with one attached hydrogen (secondary N) is 1. The maximum absolute atomic E-state index is 5.58. The number of rotatable bonds is 4.